The molecule has 1 aromatic heterocycles. The van der Waals surface area contributed by atoms with Gasteiger partial charge in [-0.15, -0.1) is 0 Å². The summed E-state index contributed by atoms with van der Waals surface area (Å²) in [4.78, 5) is 45.1. The summed E-state index contributed by atoms with van der Waals surface area (Å²) in [5.41, 5.74) is 2.43. The summed E-state index contributed by atoms with van der Waals surface area (Å²) in [6.07, 6.45) is 2.76. The largest absolute Gasteiger partial charge is 0.340 e. The number of amides is 2. The van der Waals surface area contributed by atoms with Crippen LogP contribution in [0.5, 0.6) is 0 Å². The first kappa shape index (κ1) is 26.7. The normalized spacial score (nSPS) is 20.0. The van der Waals surface area contributed by atoms with E-state index in [9.17, 15) is 22.8 Å². The molecule has 2 amide bonds. The first-order chi connectivity index (χ1) is 18.8. The van der Waals surface area contributed by atoms with Gasteiger partial charge in [-0.25, -0.2) is 13.4 Å². The van der Waals surface area contributed by atoms with E-state index in [2.05, 4.69) is 10.3 Å². The maximum absolute atomic E-state index is 13.6. The Hall–Kier alpha value is -3.89. The van der Waals surface area contributed by atoms with Crippen molar-refractivity contribution >= 4 is 27.6 Å². The third-order valence-electron chi connectivity index (χ3n) is 7.31. The maximum Gasteiger partial charge on any atom is 0.261 e. The molecule has 3 atom stereocenters. The molecular formula is C29H30N4O5S. The Morgan fingerprint density at radius 3 is 2.36 bits per heavy atom. The van der Waals surface area contributed by atoms with Crippen LogP contribution in [0.3, 0.4) is 0 Å². The number of Topliss-reactive ketones (excluding diaryl/α,β-unsaturated/α-hetero) is 1. The SMILES string of the molecule is CCCC(NC(=O)c1ccc(-c2ccccc2)cc1)C(=O)N1CCC2C1C(=O)CN2S(=O)(=O)c1ccccn1. The molecule has 0 spiro atoms. The van der Waals surface area contributed by atoms with Crippen LogP contribution in [0.1, 0.15) is 36.5 Å². The predicted octanol–water partition coefficient (Wildman–Crippen LogP) is 2.89. The highest BCUT2D eigenvalue weighted by Gasteiger charge is 2.54. The highest BCUT2D eigenvalue weighted by molar-refractivity contribution is 7.89. The minimum absolute atomic E-state index is 0.127. The lowest BCUT2D eigenvalue weighted by Crippen LogP contribution is -2.52. The zero-order chi connectivity index (χ0) is 27.6. The van der Waals surface area contributed by atoms with E-state index < -0.39 is 28.1 Å². The molecule has 2 fully saturated rings. The van der Waals surface area contributed by atoms with Crippen LogP contribution in [0.25, 0.3) is 11.1 Å². The lowest BCUT2D eigenvalue weighted by molar-refractivity contribution is -0.138. The van der Waals surface area contributed by atoms with Crippen LogP contribution in [-0.2, 0) is 19.6 Å². The fraction of sp³-hybridized carbons (Fsp3) is 0.310. The van der Waals surface area contributed by atoms with E-state index in [4.69, 9.17) is 0 Å². The maximum atomic E-state index is 13.6. The standard InChI is InChI=1S/C29H30N4O5S/c1-2-8-23(31-28(35)22-14-12-21(13-15-22)20-9-4-3-5-10-20)29(36)32-18-16-24-27(32)25(34)19-33(24)39(37,38)26-11-6-7-17-30-26/h3-7,9-15,17,23-24,27H,2,8,16,18-19H2,1H3,(H,31,35). The van der Waals surface area contributed by atoms with Crippen LogP contribution in [-0.4, -0.2) is 71.4 Å². The van der Waals surface area contributed by atoms with E-state index in [0.717, 1.165) is 15.4 Å². The summed E-state index contributed by atoms with van der Waals surface area (Å²) in [6.45, 7) is 1.84. The van der Waals surface area contributed by atoms with Gasteiger partial charge in [0.25, 0.3) is 15.9 Å². The van der Waals surface area contributed by atoms with Crippen molar-refractivity contribution in [2.24, 2.45) is 0 Å². The van der Waals surface area contributed by atoms with Gasteiger partial charge in [0.1, 0.15) is 12.1 Å². The van der Waals surface area contributed by atoms with Crippen molar-refractivity contribution in [3.8, 4) is 11.1 Å². The number of rotatable bonds is 8. The van der Waals surface area contributed by atoms with E-state index in [1.165, 1.54) is 17.2 Å². The van der Waals surface area contributed by atoms with Gasteiger partial charge in [0.05, 0.1) is 12.6 Å². The van der Waals surface area contributed by atoms with E-state index in [1.807, 2.05) is 49.4 Å². The van der Waals surface area contributed by atoms with E-state index in [-0.39, 0.29) is 35.7 Å². The number of nitrogens with zero attached hydrogens (tertiary/aromatic N) is 3. The zero-order valence-corrected chi connectivity index (χ0v) is 22.4. The molecule has 2 aliphatic heterocycles. The molecule has 5 rings (SSSR count). The third-order valence-corrected chi connectivity index (χ3v) is 9.09. The molecule has 1 N–H and O–H groups in total. The van der Waals surface area contributed by atoms with Gasteiger partial charge in [0.15, 0.2) is 10.8 Å². The van der Waals surface area contributed by atoms with E-state index >= 15 is 0 Å². The summed E-state index contributed by atoms with van der Waals surface area (Å²) in [7, 11) is -3.99. The molecule has 0 aliphatic carbocycles. The zero-order valence-electron chi connectivity index (χ0n) is 21.6. The van der Waals surface area contributed by atoms with Crippen molar-refractivity contribution < 1.29 is 22.8 Å². The number of carbonyl (C=O) groups is 3. The Kier molecular flexibility index (Phi) is 7.58. The minimum atomic E-state index is -3.99. The topological polar surface area (TPSA) is 117 Å². The number of likely N-dealkylation sites (tertiary alicyclic amines) is 1. The van der Waals surface area contributed by atoms with Gasteiger partial charge in [-0.05, 0) is 48.2 Å². The summed E-state index contributed by atoms with van der Waals surface area (Å²) in [5.74, 6) is -1.08. The van der Waals surface area contributed by atoms with Crippen LogP contribution in [0.4, 0.5) is 0 Å². The Morgan fingerprint density at radius 2 is 1.69 bits per heavy atom. The number of fused-ring (bicyclic) bond motifs is 1. The summed E-state index contributed by atoms with van der Waals surface area (Å²) in [5, 5.41) is 2.72. The van der Waals surface area contributed by atoms with E-state index in [0.29, 0.717) is 24.8 Å². The lowest BCUT2D eigenvalue weighted by Gasteiger charge is -2.28. The number of hydrogen-bond acceptors (Lipinski definition) is 6. The average Bonchev–Trinajstić information content (AvgIpc) is 3.55. The summed E-state index contributed by atoms with van der Waals surface area (Å²) >= 11 is 0. The number of nitrogens with one attached hydrogen (secondary N) is 1. The number of sulfonamides is 1. The Morgan fingerprint density at radius 1 is 1.00 bits per heavy atom. The molecule has 3 unspecified atom stereocenters. The highest BCUT2D eigenvalue weighted by atomic mass is 32.2. The fourth-order valence-electron chi connectivity index (χ4n) is 5.39. The van der Waals surface area contributed by atoms with Gasteiger partial charge in [0, 0.05) is 18.3 Å². The van der Waals surface area contributed by atoms with Crippen LogP contribution in [0.15, 0.2) is 84.0 Å². The number of ketones is 1. The van der Waals surface area contributed by atoms with Gasteiger partial charge >= 0.3 is 0 Å². The highest BCUT2D eigenvalue weighted by Crippen LogP contribution is 2.34. The van der Waals surface area contributed by atoms with Crippen LogP contribution >= 0.6 is 0 Å². The first-order valence-corrected chi connectivity index (χ1v) is 14.5. The van der Waals surface area contributed by atoms with Crippen LogP contribution in [0, 0.1) is 0 Å². The van der Waals surface area contributed by atoms with Gasteiger partial charge in [-0.1, -0.05) is 61.9 Å². The molecule has 3 aromatic rings. The Balaban J connectivity index is 1.30. The van der Waals surface area contributed by atoms with Gasteiger partial charge < -0.3 is 10.2 Å². The van der Waals surface area contributed by atoms with Crippen molar-refractivity contribution in [3.63, 3.8) is 0 Å². The number of benzene rings is 2. The van der Waals surface area contributed by atoms with Gasteiger partial charge in [0.2, 0.25) is 5.91 Å². The number of hydrogen-bond donors (Lipinski definition) is 1. The Labute approximate surface area is 227 Å². The molecule has 39 heavy (non-hydrogen) atoms. The second-order valence-electron chi connectivity index (χ2n) is 9.78. The van der Waals surface area contributed by atoms with Crippen molar-refractivity contribution in [2.75, 3.05) is 13.1 Å². The summed E-state index contributed by atoms with van der Waals surface area (Å²) < 4.78 is 27.6. The lowest BCUT2D eigenvalue weighted by atomic mass is 10.0. The molecule has 2 aliphatic rings. The molecule has 0 bridgehead atoms. The van der Waals surface area contributed by atoms with Gasteiger partial charge in [-0.2, -0.15) is 4.31 Å². The predicted molar refractivity (Wildman–Crippen MR) is 145 cm³/mol. The quantitative estimate of drug-likeness (QED) is 0.465. The van der Waals surface area contributed by atoms with Crippen molar-refractivity contribution in [1.29, 1.82) is 0 Å². The number of carbonyl (C=O) groups excluding carboxylic acids is 3. The monoisotopic (exact) mass is 546 g/mol. The molecule has 2 aromatic carbocycles. The van der Waals surface area contributed by atoms with Crippen LogP contribution < -0.4 is 5.32 Å². The summed E-state index contributed by atoms with van der Waals surface area (Å²) in [6, 6.07) is 19.2. The van der Waals surface area contributed by atoms with Crippen molar-refractivity contribution in [3.05, 3.63) is 84.6 Å². The molecule has 10 heteroatoms. The fourth-order valence-corrected chi connectivity index (χ4v) is 6.95. The third kappa shape index (κ3) is 5.22. The first-order valence-electron chi connectivity index (χ1n) is 13.0. The van der Waals surface area contributed by atoms with Crippen molar-refractivity contribution in [1.82, 2.24) is 19.5 Å². The second kappa shape index (κ2) is 11.1. The second-order valence-corrected chi connectivity index (χ2v) is 11.6. The molecule has 3 heterocycles. The number of aromatic nitrogens is 1. The number of pyridine rings is 1. The molecular weight excluding hydrogens is 516 g/mol. The molecule has 0 radical (unpaired) electrons. The average molecular weight is 547 g/mol. The minimum Gasteiger partial charge on any atom is -0.340 e. The molecule has 2 saturated heterocycles. The van der Waals surface area contributed by atoms with Gasteiger partial charge in [-0.3, -0.25) is 14.4 Å². The molecule has 202 valence electrons. The smallest absolute Gasteiger partial charge is 0.261 e. The molecule has 0 saturated carbocycles. The van der Waals surface area contributed by atoms with Crippen LogP contribution in [0.2, 0.25) is 0 Å². The van der Waals surface area contributed by atoms with Crippen molar-refractivity contribution in [2.45, 2.75) is 49.3 Å². The Bertz CT molecular complexity index is 1460. The van der Waals surface area contributed by atoms with E-state index in [1.54, 1.807) is 24.3 Å². The molecule has 9 nitrogen and oxygen atoms in total.